The predicted molar refractivity (Wildman–Crippen MR) is 48.3 cm³/mol. The van der Waals surface area contributed by atoms with Crippen LogP contribution in [0.1, 0.15) is 24.9 Å². The van der Waals surface area contributed by atoms with Crippen LogP contribution in [-0.4, -0.2) is 6.41 Å². The molecule has 1 aromatic rings. The normalized spacial score (nSPS) is 12.1. The lowest BCUT2D eigenvalue weighted by atomic mass is 10.1. The molecule has 1 aromatic carbocycles. The average Bonchev–Trinajstić information content (AvgIpc) is 2.15. The van der Waals surface area contributed by atoms with Crippen LogP contribution in [0.15, 0.2) is 30.3 Å². The number of benzene rings is 1. The maximum absolute atomic E-state index is 10.1. The van der Waals surface area contributed by atoms with Gasteiger partial charge in [-0.2, -0.15) is 0 Å². The smallest absolute Gasteiger partial charge is 0.309 e. The third-order valence-corrected chi connectivity index (χ3v) is 1.84. The first kappa shape index (κ1) is 8.78. The van der Waals surface area contributed by atoms with Gasteiger partial charge >= 0.3 is 6.41 Å². The van der Waals surface area contributed by atoms with E-state index in [-0.39, 0.29) is 6.04 Å². The summed E-state index contributed by atoms with van der Waals surface area (Å²) < 4.78 is 0. The Balaban J connectivity index is 2.72. The van der Waals surface area contributed by atoms with Crippen LogP contribution in [-0.2, 0) is 4.79 Å². The molecule has 2 heteroatoms. The quantitative estimate of drug-likeness (QED) is 0.672. The number of carbonyl (C=O) groups excluding carboxylic acids is 1. The Morgan fingerprint density at radius 3 is 2.58 bits per heavy atom. The molecule has 0 saturated heterocycles. The topological polar surface area (TPSA) is 29.1 Å². The van der Waals surface area contributed by atoms with Crippen LogP contribution in [0.3, 0.4) is 0 Å². The molecule has 0 aromatic heterocycles. The Labute approximate surface area is 72.6 Å². The van der Waals surface area contributed by atoms with Crippen LogP contribution in [0.4, 0.5) is 0 Å². The molecule has 1 rings (SSSR count). The van der Waals surface area contributed by atoms with Crippen LogP contribution in [0.5, 0.6) is 0 Å². The van der Waals surface area contributed by atoms with E-state index in [1.165, 1.54) is 0 Å². The minimum atomic E-state index is 0.101. The Hall–Kier alpha value is -1.31. The highest BCUT2D eigenvalue weighted by atomic mass is 16.1. The van der Waals surface area contributed by atoms with Crippen molar-refractivity contribution in [3.63, 3.8) is 0 Å². The van der Waals surface area contributed by atoms with E-state index in [1.54, 1.807) is 6.41 Å². The molecule has 1 atom stereocenters. The van der Waals surface area contributed by atoms with Crippen molar-refractivity contribution < 1.29 is 4.79 Å². The van der Waals surface area contributed by atoms with E-state index in [0.717, 1.165) is 12.0 Å². The van der Waals surface area contributed by atoms with Gasteiger partial charge in [0.25, 0.3) is 0 Å². The van der Waals surface area contributed by atoms with Crippen molar-refractivity contribution in [3.05, 3.63) is 35.9 Å². The van der Waals surface area contributed by atoms with Crippen molar-refractivity contribution in [1.82, 2.24) is 5.32 Å². The van der Waals surface area contributed by atoms with Gasteiger partial charge in [0, 0.05) is 0 Å². The molecule has 0 saturated carbocycles. The highest BCUT2D eigenvalue weighted by Crippen LogP contribution is 2.14. The van der Waals surface area contributed by atoms with Crippen LogP contribution >= 0.6 is 0 Å². The van der Waals surface area contributed by atoms with Crippen LogP contribution in [0, 0.1) is 0 Å². The lowest BCUT2D eigenvalue weighted by Gasteiger charge is -2.12. The second-order valence-corrected chi connectivity index (χ2v) is 2.62. The average molecular weight is 162 g/mol. The molecular weight excluding hydrogens is 150 g/mol. The van der Waals surface area contributed by atoms with E-state index in [9.17, 15) is 4.79 Å². The number of hydrogen-bond acceptors (Lipinski definition) is 1. The molecule has 0 heterocycles. The van der Waals surface area contributed by atoms with Crippen LogP contribution in [0.25, 0.3) is 0 Å². The second-order valence-electron chi connectivity index (χ2n) is 2.62. The molecule has 1 unspecified atom stereocenters. The summed E-state index contributed by atoms with van der Waals surface area (Å²) in [5.74, 6) is 0. The summed E-state index contributed by atoms with van der Waals surface area (Å²) in [4.78, 5) is 10.1. The molecule has 0 bridgehead atoms. The first-order valence-corrected chi connectivity index (χ1v) is 4.06. The first-order chi connectivity index (χ1) is 5.88. The van der Waals surface area contributed by atoms with Gasteiger partial charge in [-0.1, -0.05) is 37.3 Å². The van der Waals surface area contributed by atoms with Gasteiger partial charge in [-0.15, -0.1) is 0 Å². The Bertz CT molecular complexity index is 233. The molecule has 1 radical (unpaired) electrons. The molecule has 0 spiro atoms. The van der Waals surface area contributed by atoms with Gasteiger partial charge in [-0.25, -0.2) is 0 Å². The summed E-state index contributed by atoms with van der Waals surface area (Å²) in [7, 11) is 0. The van der Waals surface area contributed by atoms with Crippen molar-refractivity contribution in [1.29, 1.82) is 0 Å². The number of amides is 1. The van der Waals surface area contributed by atoms with Crippen molar-refractivity contribution in [3.8, 4) is 0 Å². The maximum atomic E-state index is 10.1. The van der Waals surface area contributed by atoms with E-state index < -0.39 is 0 Å². The molecular formula is C10H12NO. The molecule has 0 aliphatic rings. The molecule has 2 nitrogen and oxygen atoms in total. The SMILES string of the molecule is CCC(N[C]=O)c1ccccc1. The van der Waals surface area contributed by atoms with Gasteiger partial charge in [0.15, 0.2) is 0 Å². The summed E-state index contributed by atoms with van der Waals surface area (Å²) in [6.45, 7) is 2.03. The molecule has 0 fully saturated rings. The summed E-state index contributed by atoms with van der Waals surface area (Å²) in [5, 5.41) is 2.64. The first-order valence-electron chi connectivity index (χ1n) is 4.06. The zero-order valence-electron chi connectivity index (χ0n) is 7.08. The molecule has 12 heavy (non-hydrogen) atoms. The van der Waals surface area contributed by atoms with Crippen molar-refractivity contribution in [2.75, 3.05) is 0 Å². The maximum Gasteiger partial charge on any atom is 0.309 e. The minimum Gasteiger partial charge on any atom is -0.341 e. The summed E-state index contributed by atoms with van der Waals surface area (Å²) in [5.41, 5.74) is 1.13. The largest absolute Gasteiger partial charge is 0.341 e. The number of hydrogen-bond donors (Lipinski definition) is 1. The highest BCUT2D eigenvalue weighted by Gasteiger charge is 2.05. The number of nitrogens with one attached hydrogen (secondary N) is 1. The molecule has 0 aliphatic carbocycles. The Morgan fingerprint density at radius 1 is 1.42 bits per heavy atom. The fraction of sp³-hybridized carbons (Fsp3) is 0.300. The van der Waals surface area contributed by atoms with Gasteiger partial charge in [0.1, 0.15) is 0 Å². The van der Waals surface area contributed by atoms with Crippen molar-refractivity contribution >= 4 is 6.41 Å². The van der Waals surface area contributed by atoms with Crippen LogP contribution in [0.2, 0.25) is 0 Å². The summed E-state index contributed by atoms with van der Waals surface area (Å²) in [6.07, 6.45) is 2.61. The van der Waals surface area contributed by atoms with E-state index in [0.29, 0.717) is 0 Å². The monoisotopic (exact) mass is 162 g/mol. The zero-order chi connectivity index (χ0) is 8.81. The fourth-order valence-corrected chi connectivity index (χ4v) is 1.18. The summed E-state index contributed by atoms with van der Waals surface area (Å²) >= 11 is 0. The van der Waals surface area contributed by atoms with Gasteiger partial charge in [0.05, 0.1) is 6.04 Å². The Morgan fingerprint density at radius 2 is 2.08 bits per heavy atom. The zero-order valence-corrected chi connectivity index (χ0v) is 7.08. The Kier molecular flexibility index (Phi) is 3.33. The van der Waals surface area contributed by atoms with E-state index in [1.807, 2.05) is 37.3 Å². The molecule has 1 amide bonds. The predicted octanol–water partition coefficient (Wildman–Crippen LogP) is 1.79. The standard InChI is InChI=1S/C10H12NO/c1-2-10(11-8-12)9-6-4-3-5-7-9/h3-7,10H,2H2,1H3,(H,11,12). The lowest BCUT2D eigenvalue weighted by molar-refractivity contribution is 0.517. The van der Waals surface area contributed by atoms with E-state index >= 15 is 0 Å². The third-order valence-electron chi connectivity index (χ3n) is 1.84. The highest BCUT2D eigenvalue weighted by molar-refractivity contribution is 5.48. The molecule has 63 valence electrons. The van der Waals surface area contributed by atoms with Crippen LogP contribution < -0.4 is 5.32 Å². The van der Waals surface area contributed by atoms with Gasteiger partial charge in [0.2, 0.25) is 0 Å². The second kappa shape index (κ2) is 4.54. The van der Waals surface area contributed by atoms with E-state index in [2.05, 4.69) is 5.32 Å². The number of rotatable bonds is 4. The van der Waals surface area contributed by atoms with Crippen molar-refractivity contribution in [2.45, 2.75) is 19.4 Å². The molecule has 0 aliphatic heterocycles. The van der Waals surface area contributed by atoms with Gasteiger partial charge < -0.3 is 5.32 Å². The van der Waals surface area contributed by atoms with Gasteiger partial charge in [-0.05, 0) is 12.0 Å². The third kappa shape index (κ3) is 2.09. The fourth-order valence-electron chi connectivity index (χ4n) is 1.18. The minimum absolute atomic E-state index is 0.101. The van der Waals surface area contributed by atoms with Gasteiger partial charge in [-0.3, -0.25) is 4.79 Å². The lowest BCUT2D eigenvalue weighted by Crippen LogP contribution is -2.18. The van der Waals surface area contributed by atoms with Crippen molar-refractivity contribution in [2.24, 2.45) is 0 Å². The van der Waals surface area contributed by atoms with E-state index in [4.69, 9.17) is 0 Å². The molecule has 1 N–H and O–H groups in total. The summed E-state index contributed by atoms with van der Waals surface area (Å²) in [6, 6.07) is 9.98.